The zero-order valence-corrected chi connectivity index (χ0v) is 16.3. The number of morpholine rings is 1. The van der Waals surface area contributed by atoms with Crippen LogP contribution >= 0.6 is 11.3 Å². The first-order valence-electron chi connectivity index (χ1n) is 8.99. The van der Waals surface area contributed by atoms with Crippen molar-refractivity contribution in [2.75, 3.05) is 37.4 Å². The summed E-state index contributed by atoms with van der Waals surface area (Å²) in [6.07, 6.45) is 1.19. The third-order valence-corrected chi connectivity index (χ3v) is 5.43. The van der Waals surface area contributed by atoms with Crippen LogP contribution in [0.4, 0.5) is 22.5 Å². The van der Waals surface area contributed by atoms with Crippen LogP contribution in [0.25, 0.3) is 11.3 Å². The number of nitrogens with one attached hydrogen (secondary N) is 1. The van der Waals surface area contributed by atoms with Gasteiger partial charge in [-0.25, -0.2) is 15.0 Å². The van der Waals surface area contributed by atoms with Gasteiger partial charge in [-0.2, -0.15) is 0 Å². The second-order valence-electron chi connectivity index (χ2n) is 6.38. The number of thiazole rings is 1. The maximum absolute atomic E-state index is 11.4. The lowest BCUT2D eigenvalue weighted by atomic mass is 10.1. The predicted molar refractivity (Wildman–Crippen MR) is 110 cm³/mol. The van der Waals surface area contributed by atoms with E-state index in [0.717, 1.165) is 35.8 Å². The molecule has 0 spiro atoms. The SMILES string of the molecule is Nc1ncnc(Nc2nc(-c3ccccc3)c(CN3CCOCC3)s2)c1[N+](=O)[O-]. The largest absolute Gasteiger partial charge is 0.379 e. The van der Waals surface area contributed by atoms with Crippen molar-refractivity contribution >= 4 is 33.8 Å². The summed E-state index contributed by atoms with van der Waals surface area (Å²) in [6, 6.07) is 9.84. The summed E-state index contributed by atoms with van der Waals surface area (Å²) in [4.78, 5) is 26.5. The smallest absolute Gasteiger partial charge is 0.353 e. The molecule has 150 valence electrons. The molecule has 1 aromatic carbocycles. The number of ether oxygens (including phenoxy) is 1. The number of nitrogen functional groups attached to an aromatic ring is 1. The number of hydrogen-bond acceptors (Lipinski definition) is 10. The van der Waals surface area contributed by atoms with Crippen molar-refractivity contribution in [3.05, 3.63) is 51.7 Å². The van der Waals surface area contributed by atoms with Crippen LogP contribution in [0, 0.1) is 10.1 Å². The minimum atomic E-state index is -0.599. The number of nitro groups is 1. The summed E-state index contributed by atoms with van der Waals surface area (Å²) in [5.74, 6) is -0.172. The molecule has 0 bridgehead atoms. The minimum absolute atomic E-state index is 0.0220. The number of nitrogens with zero attached hydrogens (tertiary/aromatic N) is 5. The van der Waals surface area contributed by atoms with Crippen LogP contribution in [0.3, 0.4) is 0 Å². The molecule has 0 saturated carbocycles. The number of hydrogen-bond donors (Lipinski definition) is 2. The first-order chi connectivity index (χ1) is 14.1. The van der Waals surface area contributed by atoms with E-state index in [4.69, 9.17) is 15.5 Å². The normalized spacial score (nSPS) is 14.6. The summed E-state index contributed by atoms with van der Waals surface area (Å²) in [7, 11) is 0. The first-order valence-corrected chi connectivity index (χ1v) is 9.80. The van der Waals surface area contributed by atoms with Crippen molar-refractivity contribution in [1.29, 1.82) is 0 Å². The van der Waals surface area contributed by atoms with E-state index in [-0.39, 0.29) is 17.3 Å². The molecule has 3 N–H and O–H groups in total. The Hall–Kier alpha value is -3.15. The van der Waals surface area contributed by atoms with Crippen molar-refractivity contribution in [3.8, 4) is 11.3 Å². The molecular formula is C18H19N7O3S. The van der Waals surface area contributed by atoms with Crippen molar-refractivity contribution in [3.63, 3.8) is 0 Å². The lowest BCUT2D eigenvalue weighted by Gasteiger charge is -2.26. The van der Waals surface area contributed by atoms with Gasteiger partial charge in [-0.3, -0.25) is 15.0 Å². The molecule has 29 heavy (non-hydrogen) atoms. The molecule has 0 radical (unpaired) electrons. The summed E-state index contributed by atoms with van der Waals surface area (Å²) >= 11 is 1.44. The monoisotopic (exact) mass is 413 g/mol. The van der Waals surface area contributed by atoms with Crippen LogP contribution < -0.4 is 11.1 Å². The standard InChI is InChI=1S/C18H19N7O3S/c19-16-15(25(26)27)17(21-11-20-16)23-18-22-14(12-4-2-1-3-5-12)13(29-18)10-24-6-8-28-9-7-24/h1-5,11H,6-10H2,(H3,19,20,21,22,23). The van der Waals surface area contributed by atoms with Crippen LogP contribution in [0.1, 0.15) is 4.88 Å². The van der Waals surface area contributed by atoms with E-state index in [1.807, 2.05) is 30.3 Å². The average Bonchev–Trinajstić information content (AvgIpc) is 3.11. The Morgan fingerprint density at radius 1 is 1.24 bits per heavy atom. The van der Waals surface area contributed by atoms with Gasteiger partial charge in [-0.15, -0.1) is 0 Å². The Labute approximate surface area is 170 Å². The molecule has 2 aromatic heterocycles. The molecule has 10 nitrogen and oxygen atoms in total. The van der Waals surface area contributed by atoms with Gasteiger partial charge in [0.05, 0.1) is 23.8 Å². The van der Waals surface area contributed by atoms with Gasteiger partial charge in [0.1, 0.15) is 6.33 Å². The van der Waals surface area contributed by atoms with Gasteiger partial charge in [0.25, 0.3) is 0 Å². The number of benzene rings is 1. The lowest BCUT2D eigenvalue weighted by molar-refractivity contribution is -0.383. The third kappa shape index (κ3) is 4.31. The van der Waals surface area contributed by atoms with Crippen LogP contribution in [-0.4, -0.2) is 51.1 Å². The Balaban J connectivity index is 1.68. The molecule has 0 aliphatic carbocycles. The molecular weight excluding hydrogens is 394 g/mol. The van der Waals surface area contributed by atoms with Crippen molar-refractivity contribution < 1.29 is 9.66 Å². The van der Waals surface area contributed by atoms with Crippen LogP contribution in [0.2, 0.25) is 0 Å². The fourth-order valence-corrected chi connectivity index (χ4v) is 4.09. The fourth-order valence-electron chi connectivity index (χ4n) is 3.06. The number of rotatable bonds is 6. The van der Waals surface area contributed by atoms with Crippen LogP contribution in [-0.2, 0) is 11.3 Å². The van der Waals surface area contributed by atoms with E-state index in [0.29, 0.717) is 18.3 Å². The maximum atomic E-state index is 11.4. The lowest BCUT2D eigenvalue weighted by Crippen LogP contribution is -2.35. The average molecular weight is 413 g/mol. The number of aromatic nitrogens is 3. The van der Waals surface area contributed by atoms with Gasteiger partial charge in [-0.1, -0.05) is 41.7 Å². The Morgan fingerprint density at radius 3 is 2.72 bits per heavy atom. The molecule has 0 atom stereocenters. The Morgan fingerprint density at radius 2 is 2.00 bits per heavy atom. The van der Waals surface area contributed by atoms with Gasteiger partial charge in [0.2, 0.25) is 11.6 Å². The second kappa shape index (κ2) is 8.47. The molecule has 11 heteroatoms. The van der Waals surface area contributed by atoms with E-state index in [2.05, 4.69) is 20.2 Å². The van der Waals surface area contributed by atoms with E-state index in [1.54, 1.807) is 0 Å². The van der Waals surface area contributed by atoms with Crippen LogP contribution in [0.5, 0.6) is 0 Å². The molecule has 1 aliphatic rings. The highest BCUT2D eigenvalue weighted by molar-refractivity contribution is 7.16. The van der Waals surface area contributed by atoms with Crippen molar-refractivity contribution in [1.82, 2.24) is 19.9 Å². The van der Waals surface area contributed by atoms with E-state index in [9.17, 15) is 10.1 Å². The number of nitrogens with two attached hydrogens (primary N) is 1. The Bertz CT molecular complexity index is 1010. The predicted octanol–water partition coefficient (Wildman–Crippen LogP) is 2.67. The zero-order chi connectivity index (χ0) is 20.2. The molecule has 3 heterocycles. The highest BCUT2D eigenvalue weighted by Crippen LogP contribution is 2.36. The molecule has 1 fully saturated rings. The van der Waals surface area contributed by atoms with Crippen LogP contribution in [0.15, 0.2) is 36.7 Å². The van der Waals surface area contributed by atoms with Crippen molar-refractivity contribution in [2.45, 2.75) is 6.54 Å². The summed E-state index contributed by atoms with van der Waals surface area (Å²) < 4.78 is 5.43. The molecule has 1 saturated heterocycles. The second-order valence-corrected chi connectivity index (χ2v) is 7.47. The highest BCUT2D eigenvalue weighted by Gasteiger charge is 2.23. The summed E-state index contributed by atoms with van der Waals surface area (Å²) in [5.41, 5.74) is 7.12. The first kappa shape index (κ1) is 19.2. The van der Waals surface area contributed by atoms with Gasteiger partial charge in [-0.05, 0) is 0 Å². The third-order valence-electron chi connectivity index (χ3n) is 4.47. The molecule has 1 aliphatic heterocycles. The zero-order valence-electron chi connectivity index (χ0n) is 15.4. The quantitative estimate of drug-likeness (QED) is 0.462. The minimum Gasteiger partial charge on any atom is -0.379 e. The van der Waals surface area contributed by atoms with E-state index < -0.39 is 4.92 Å². The van der Waals surface area contributed by atoms with Gasteiger partial charge < -0.3 is 15.8 Å². The maximum Gasteiger partial charge on any atom is 0.353 e. The van der Waals surface area contributed by atoms with Gasteiger partial charge in [0.15, 0.2) is 5.13 Å². The van der Waals surface area contributed by atoms with Gasteiger partial charge in [0, 0.05) is 30.1 Å². The highest BCUT2D eigenvalue weighted by atomic mass is 32.1. The van der Waals surface area contributed by atoms with E-state index >= 15 is 0 Å². The topological polar surface area (TPSA) is 132 Å². The fraction of sp³-hybridized carbons (Fsp3) is 0.278. The van der Waals surface area contributed by atoms with Crippen molar-refractivity contribution in [2.24, 2.45) is 0 Å². The number of anilines is 3. The molecule has 0 amide bonds. The van der Waals surface area contributed by atoms with E-state index in [1.165, 1.54) is 17.7 Å². The molecule has 3 aromatic rings. The molecule has 0 unspecified atom stereocenters. The summed E-state index contributed by atoms with van der Waals surface area (Å²) in [5, 5.41) is 14.8. The Kier molecular flexibility index (Phi) is 5.60. The van der Waals surface area contributed by atoms with Gasteiger partial charge >= 0.3 is 5.69 Å². The summed E-state index contributed by atoms with van der Waals surface area (Å²) in [6.45, 7) is 3.83. The molecule has 4 rings (SSSR count).